The highest BCUT2D eigenvalue weighted by molar-refractivity contribution is 5.70. The third kappa shape index (κ3) is 3.32. The number of carboxylic acid groups (broad SMARTS) is 1. The van der Waals surface area contributed by atoms with E-state index in [0.29, 0.717) is 0 Å². The molecule has 4 heteroatoms. The number of hydrogen-bond acceptors (Lipinski definition) is 3. The van der Waals surface area contributed by atoms with Crippen LogP contribution in [0.4, 0.5) is 0 Å². The van der Waals surface area contributed by atoms with E-state index < -0.39 is 11.9 Å². The Morgan fingerprint density at radius 2 is 2.08 bits per heavy atom. The summed E-state index contributed by atoms with van der Waals surface area (Å²) in [5.74, 6) is -1.33. The van der Waals surface area contributed by atoms with E-state index in [1.54, 1.807) is 0 Å². The van der Waals surface area contributed by atoms with E-state index in [-0.39, 0.29) is 19.5 Å². The zero-order valence-corrected chi connectivity index (χ0v) is 7.86. The molecule has 1 heterocycles. The van der Waals surface area contributed by atoms with E-state index in [1.807, 2.05) is 0 Å². The average molecular weight is 188 g/mol. The smallest absolute Gasteiger partial charge is 0.311 e. The largest absolute Gasteiger partial charge is 0.481 e. The minimum absolute atomic E-state index is 0.185. The van der Waals surface area contributed by atoms with E-state index in [1.165, 1.54) is 0 Å². The van der Waals surface area contributed by atoms with Gasteiger partial charge in [0, 0.05) is 0 Å². The number of hydrogen-bond donors (Lipinski definition) is 1. The first kappa shape index (κ1) is 10.5. The molecule has 0 spiro atoms. The van der Waals surface area contributed by atoms with Crippen LogP contribution in [0.5, 0.6) is 0 Å². The Bertz CT molecular complexity index is 161. The molecule has 0 atom stereocenters. The van der Waals surface area contributed by atoms with Crippen molar-refractivity contribution >= 4 is 5.97 Å². The first-order chi connectivity index (χ1) is 6.24. The molecule has 0 aromatic carbocycles. The Kier molecular flexibility index (Phi) is 4.18. The normalized spacial score (nSPS) is 28.7. The maximum Gasteiger partial charge on any atom is 0.311 e. The first-order valence-corrected chi connectivity index (χ1v) is 4.70. The lowest BCUT2D eigenvalue weighted by atomic mass is 10.1. The molecule has 1 rings (SSSR count). The minimum Gasteiger partial charge on any atom is -0.481 e. The molecule has 0 amide bonds. The van der Waals surface area contributed by atoms with Gasteiger partial charge in [-0.05, 0) is 12.8 Å². The molecule has 76 valence electrons. The predicted octanol–water partition coefficient (Wildman–Crippen LogP) is 1.25. The molecule has 13 heavy (non-hydrogen) atoms. The van der Waals surface area contributed by atoms with Gasteiger partial charge in [0.2, 0.25) is 0 Å². The van der Waals surface area contributed by atoms with Crippen molar-refractivity contribution in [1.82, 2.24) is 0 Å². The molecule has 4 nitrogen and oxygen atoms in total. The van der Waals surface area contributed by atoms with E-state index in [2.05, 4.69) is 6.92 Å². The van der Waals surface area contributed by atoms with E-state index >= 15 is 0 Å². The molecule has 1 saturated heterocycles. The van der Waals surface area contributed by atoms with Gasteiger partial charge in [-0.15, -0.1) is 0 Å². The summed E-state index contributed by atoms with van der Waals surface area (Å²) >= 11 is 0. The number of rotatable bonds is 4. The Morgan fingerprint density at radius 3 is 2.54 bits per heavy atom. The van der Waals surface area contributed by atoms with E-state index in [0.717, 1.165) is 19.3 Å². The van der Waals surface area contributed by atoms with Gasteiger partial charge in [-0.1, -0.05) is 13.3 Å². The lowest BCUT2D eigenvalue weighted by Crippen LogP contribution is -2.36. The highest BCUT2D eigenvalue weighted by atomic mass is 16.7. The van der Waals surface area contributed by atoms with E-state index in [9.17, 15) is 4.79 Å². The Morgan fingerprint density at radius 1 is 1.46 bits per heavy atom. The fourth-order valence-corrected chi connectivity index (χ4v) is 1.22. The van der Waals surface area contributed by atoms with Crippen molar-refractivity contribution in [1.29, 1.82) is 0 Å². The topological polar surface area (TPSA) is 55.8 Å². The second-order valence-corrected chi connectivity index (χ2v) is 3.27. The lowest BCUT2D eigenvalue weighted by molar-refractivity contribution is -0.209. The summed E-state index contributed by atoms with van der Waals surface area (Å²) in [7, 11) is 0. The van der Waals surface area contributed by atoms with Gasteiger partial charge < -0.3 is 14.6 Å². The van der Waals surface area contributed by atoms with Gasteiger partial charge in [0.05, 0.1) is 13.2 Å². The first-order valence-electron chi connectivity index (χ1n) is 4.70. The maximum absolute atomic E-state index is 10.5. The summed E-state index contributed by atoms with van der Waals surface area (Å²) in [6.07, 6.45) is 2.84. The van der Waals surface area contributed by atoms with Crippen molar-refractivity contribution in [3.63, 3.8) is 0 Å². The molecule has 0 aromatic rings. The fourth-order valence-electron chi connectivity index (χ4n) is 1.22. The highest BCUT2D eigenvalue weighted by Gasteiger charge is 2.26. The van der Waals surface area contributed by atoms with Gasteiger partial charge in [0.15, 0.2) is 6.29 Å². The third-order valence-electron chi connectivity index (χ3n) is 2.11. The SMILES string of the molecule is CCCCC1OCC(C(=O)O)CO1. The molecule has 1 aliphatic rings. The van der Waals surface area contributed by atoms with Gasteiger partial charge in [-0.3, -0.25) is 4.79 Å². The maximum atomic E-state index is 10.5. The molecular formula is C9H16O4. The molecule has 0 aromatic heterocycles. The zero-order chi connectivity index (χ0) is 9.68. The standard InChI is InChI=1S/C9H16O4/c1-2-3-4-8-12-5-7(6-13-8)9(10)11/h7-8H,2-6H2,1H3,(H,10,11). The summed E-state index contributed by atoms with van der Waals surface area (Å²) in [5.41, 5.74) is 0. The molecule has 1 aliphatic heterocycles. The number of carboxylic acids is 1. The van der Waals surface area contributed by atoms with Crippen molar-refractivity contribution in [2.45, 2.75) is 32.5 Å². The molecule has 0 radical (unpaired) electrons. The fraction of sp³-hybridized carbons (Fsp3) is 0.889. The van der Waals surface area contributed by atoms with Crippen LogP contribution in [0.2, 0.25) is 0 Å². The Hall–Kier alpha value is -0.610. The van der Waals surface area contributed by atoms with Crippen LogP contribution in [-0.4, -0.2) is 30.6 Å². The van der Waals surface area contributed by atoms with Crippen molar-refractivity contribution < 1.29 is 19.4 Å². The number of aliphatic carboxylic acids is 1. The Labute approximate surface area is 77.8 Å². The van der Waals surface area contributed by atoms with E-state index in [4.69, 9.17) is 14.6 Å². The van der Waals surface area contributed by atoms with Gasteiger partial charge in [0.25, 0.3) is 0 Å². The van der Waals surface area contributed by atoms with Crippen molar-refractivity contribution in [2.24, 2.45) is 5.92 Å². The molecule has 0 aliphatic carbocycles. The van der Waals surface area contributed by atoms with Gasteiger partial charge >= 0.3 is 5.97 Å². The predicted molar refractivity (Wildman–Crippen MR) is 46.3 cm³/mol. The molecule has 1 fully saturated rings. The van der Waals surface area contributed by atoms with Crippen molar-refractivity contribution in [3.8, 4) is 0 Å². The zero-order valence-electron chi connectivity index (χ0n) is 7.86. The number of ether oxygens (including phenoxy) is 2. The van der Waals surface area contributed by atoms with Crippen LogP contribution in [0, 0.1) is 5.92 Å². The van der Waals surface area contributed by atoms with Gasteiger partial charge in [-0.2, -0.15) is 0 Å². The minimum atomic E-state index is -0.839. The van der Waals surface area contributed by atoms with Crippen LogP contribution >= 0.6 is 0 Å². The van der Waals surface area contributed by atoms with Crippen LogP contribution in [-0.2, 0) is 14.3 Å². The summed E-state index contributed by atoms with van der Waals surface area (Å²) in [5, 5.41) is 8.64. The van der Waals surface area contributed by atoms with Crippen LogP contribution < -0.4 is 0 Å². The van der Waals surface area contributed by atoms with Crippen LogP contribution in [0.3, 0.4) is 0 Å². The Balaban J connectivity index is 2.18. The average Bonchev–Trinajstić information content (AvgIpc) is 2.15. The molecule has 0 unspecified atom stereocenters. The number of carbonyl (C=O) groups is 1. The molecular weight excluding hydrogens is 172 g/mol. The third-order valence-corrected chi connectivity index (χ3v) is 2.11. The van der Waals surface area contributed by atoms with Gasteiger partial charge in [-0.25, -0.2) is 0 Å². The van der Waals surface area contributed by atoms with Crippen molar-refractivity contribution in [3.05, 3.63) is 0 Å². The van der Waals surface area contributed by atoms with Crippen LogP contribution in [0.25, 0.3) is 0 Å². The summed E-state index contributed by atoms with van der Waals surface area (Å²) in [4.78, 5) is 10.5. The molecule has 1 N–H and O–H groups in total. The van der Waals surface area contributed by atoms with Crippen molar-refractivity contribution in [2.75, 3.05) is 13.2 Å². The number of unbranched alkanes of at least 4 members (excludes halogenated alkanes) is 1. The summed E-state index contributed by atoms with van der Waals surface area (Å²) in [6.45, 7) is 2.66. The van der Waals surface area contributed by atoms with Crippen LogP contribution in [0.1, 0.15) is 26.2 Å². The summed E-state index contributed by atoms with van der Waals surface area (Å²) in [6, 6.07) is 0. The lowest BCUT2D eigenvalue weighted by Gasteiger charge is -2.27. The second kappa shape index (κ2) is 5.19. The van der Waals surface area contributed by atoms with Crippen LogP contribution in [0.15, 0.2) is 0 Å². The van der Waals surface area contributed by atoms with Gasteiger partial charge in [0.1, 0.15) is 5.92 Å². The highest BCUT2D eigenvalue weighted by Crippen LogP contribution is 2.15. The monoisotopic (exact) mass is 188 g/mol. The molecule has 0 saturated carbocycles. The molecule has 0 bridgehead atoms. The second-order valence-electron chi connectivity index (χ2n) is 3.27. The summed E-state index contributed by atoms with van der Waals surface area (Å²) < 4.78 is 10.5. The quantitative estimate of drug-likeness (QED) is 0.721.